The number of nitrogens with zero attached hydrogens (tertiary/aromatic N) is 3. The second-order valence-electron chi connectivity index (χ2n) is 8.06. The number of carbonyl (C=O) groups is 3. The number of para-hydroxylation sites is 1. The van der Waals surface area contributed by atoms with Gasteiger partial charge in [-0.3, -0.25) is 24.5 Å². The van der Waals surface area contributed by atoms with Gasteiger partial charge in [0.1, 0.15) is 5.92 Å². The number of fused-ring (bicyclic) bond motifs is 1. The second-order valence-corrected chi connectivity index (χ2v) is 8.06. The summed E-state index contributed by atoms with van der Waals surface area (Å²) in [4.78, 5) is 56.7. The number of hydrogen-bond acceptors (Lipinski definition) is 8. The van der Waals surface area contributed by atoms with E-state index in [1.54, 1.807) is 30.3 Å². The number of methoxy groups -OCH3 is 1. The van der Waals surface area contributed by atoms with Gasteiger partial charge in [-0.25, -0.2) is 14.8 Å². The maximum absolute atomic E-state index is 13.6. The predicted octanol–water partition coefficient (Wildman–Crippen LogP) is 3.43. The third kappa shape index (κ3) is 3.69. The fraction of sp³-hybridized carbons (Fsp3) is 0.160. The minimum Gasteiger partial charge on any atom is -0.465 e. The molecule has 176 valence electrons. The van der Waals surface area contributed by atoms with E-state index in [2.05, 4.69) is 4.74 Å². The lowest BCUT2D eigenvalue weighted by Gasteiger charge is -2.28. The molecule has 3 atom stereocenters. The minimum absolute atomic E-state index is 0.133. The van der Waals surface area contributed by atoms with Crippen molar-refractivity contribution in [3.63, 3.8) is 0 Å². The third-order valence-corrected chi connectivity index (χ3v) is 6.10. The van der Waals surface area contributed by atoms with Crippen LogP contribution in [0.4, 0.5) is 17.1 Å². The number of ether oxygens (including phenoxy) is 1. The van der Waals surface area contributed by atoms with Crippen LogP contribution in [0.5, 0.6) is 0 Å². The molecule has 0 bridgehead atoms. The highest BCUT2D eigenvalue weighted by Gasteiger charge is 2.60. The zero-order valence-electron chi connectivity index (χ0n) is 18.4. The van der Waals surface area contributed by atoms with Crippen molar-refractivity contribution in [2.24, 2.45) is 5.92 Å². The van der Waals surface area contributed by atoms with Crippen LogP contribution in [0.15, 0.2) is 78.9 Å². The van der Waals surface area contributed by atoms with Crippen molar-refractivity contribution < 1.29 is 28.9 Å². The molecule has 2 aliphatic heterocycles. The van der Waals surface area contributed by atoms with Crippen LogP contribution in [0.2, 0.25) is 0 Å². The number of imide groups is 1. The van der Waals surface area contributed by atoms with Crippen LogP contribution in [0.3, 0.4) is 0 Å². The summed E-state index contributed by atoms with van der Waals surface area (Å²) in [7, 11) is 1.26. The number of hydrogen-bond donors (Lipinski definition) is 0. The summed E-state index contributed by atoms with van der Waals surface area (Å²) in [5, 5.41) is 12.9. The molecule has 2 saturated heterocycles. The van der Waals surface area contributed by atoms with Gasteiger partial charge in [-0.2, -0.15) is 0 Å². The molecule has 0 aliphatic carbocycles. The van der Waals surface area contributed by atoms with Crippen LogP contribution < -0.4 is 9.96 Å². The van der Waals surface area contributed by atoms with Gasteiger partial charge in [0, 0.05) is 12.1 Å². The van der Waals surface area contributed by atoms with Crippen LogP contribution in [0.25, 0.3) is 0 Å². The maximum atomic E-state index is 13.6. The number of benzene rings is 3. The quantitative estimate of drug-likeness (QED) is 0.239. The number of carbonyl (C=O) groups excluding carboxylic acids is 3. The fourth-order valence-electron chi connectivity index (χ4n) is 4.49. The van der Waals surface area contributed by atoms with Gasteiger partial charge < -0.3 is 4.74 Å². The largest absolute Gasteiger partial charge is 0.465 e. The monoisotopic (exact) mass is 473 g/mol. The van der Waals surface area contributed by atoms with Crippen molar-refractivity contribution in [3.8, 4) is 0 Å². The molecule has 0 N–H and O–H groups in total. The Hall–Kier alpha value is -4.57. The molecule has 35 heavy (non-hydrogen) atoms. The third-order valence-electron chi connectivity index (χ3n) is 6.10. The zero-order chi connectivity index (χ0) is 24.7. The summed E-state index contributed by atoms with van der Waals surface area (Å²) < 4.78 is 4.69. The van der Waals surface area contributed by atoms with Crippen LogP contribution in [0, 0.1) is 16.0 Å². The summed E-state index contributed by atoms with van der Waals surface area (Å²) in [5.41, 5.74) is 1.50. The fourth-order valence-corrected chi connectivity index (χ4v) is 4.49. The van der Waals surface area contributed by atoms with Gasteiger partial charge >= 0.3 is 5.97 Å². The van der Waals surface area contributed by atoms with E-state index in [4.69, 9.17) is 4.84 Å². The first-order valence-electron chi connectivity index (χ1n) is 10.7. The Morgan fingerprint density at radius 3 is 2.31 bits per heavy atom. The standard InChI is InChI=1S/C25H19N3O7/c1-34-25(31)15-10-12-17(13-11-15)26-23(29)20-21(16-6-5-9-19(14-16)28(32)33)27(35-22(20)24(26)30)18-7-3-2-4-8-18/h2-14,20-22H,1H3/t20-,21+,22-/m0/s1. The van der Waals surface area contributed by atoms with Crippen LogP contribution in [-0.2, 0) is 19.2 Å². The highest BCUT2D eigenvalue weighted by molar-refractivity contribution is 6.24. The lowest BCUT2D eigenvalue weighted by atomic mass is 9.90. The van der Waals surface area contributed by atoms with Crippen LogP contribution in [0.1, 0.15) is 22.0 Å². The molecule has 2 fully saturated rings. The molecule has 0 saturated carbocycles. The lowest BCUT2D eigenvalue weighted by molar-refractivity contribution is -0.384. The molecule has 10 heteroatoms. The Balaban J connectivity index is 1.55. The van der Waals surface area contributed by atoms with E-state index in [1.807, 2.05) is 6.07 Å². The van der Waals surface area contributed by atoms with Gasteiger partial charge in [-0.1, -0.05) is 30.3 Å². The van der Waals surface area contributed by atoms with E-state index in [0.717, 1.165) is 4.90 Å². The van der Waals surface area contributed by atoms with E-state index < -0.39 is 40.8 Å². The minimum atomic E-state index is -1.12. The molecule has 2 heterocycles. The number of non-ortho nitro benzene ring substituents is 1. The number of amides is 2. The maximum Gasteiger partial charge on any atom is 0.337 e. The molecular formula is C25H19N3O7. The normalized spacial score (nSPS) is 21.2. The number of anilines is 2. The van der Waals surface area contributed by atoms with Crippen LogP contribution in [-0.4, -0.2) is 35.9 Å². The summed E-state index contributed by atoms with van der Waals surface area (Å²) >= 11 is 0. The summed E-state index contributed by atoms with van der Waals surface area (Å²) in [6.45, 7) is 0. The molecule has 3 aromatic rings. The zero-order valence-corrected chi connectivity index (χ0v) is 18.4. The smallest absolute Gasteiger partial charge is 0.337 e. The summed E-state index contributed by atoms with van der Waals surface area (Å²) in [6, 6.07) is 20.0. The van der Waals surface area contributed by atoms with Crippen molar-refractivity contribution in [3.05, 3.63) is 100 Å². The predicted molar refractivity (Wildman–Crippen MR) is 123 cm³/mol. The number of esters is 1. The first kappa shape index (κ1) is 22.2. The summed E-state index contributed by atoms with van der Waals surface area (Å²) in [5.74, 6) is -2.54. The van der Waals surface area contributed by atoms with Crippen LogP contribution >= 0.6 is 0 Å². The highest BCUT2D eigenvalue weighted by Crippen LogP contribution is 2.47. The number of rotatable bonds is 5. The van der Waals surface area contributed by atoms with E-state index >= 15 is 0 Å². The average molecular weight is 473 g/mol. The van der Waals surface area contributed by atoms with Crippen molar-refractivity contribution in [2.45, 2.75) is 12.1 Å². The Morgan fingerprint density at radius 2 is 1.66 bits per heavy atom. The second kappa shape index (κ2) is 8.65. The first-order valence-corrected chi connectivity index (χ1v) is 10.7. The number of hydroxylamine groups is 1. The molecule has 0 radical (unpaired) electrons. The molecule has 2 amide bonds. The SMILES string of the molecule is COC(=O)c1ccc(N2C(=O)[C@@H]3[C@H](ON(c4ccccc4)[C@@H]3c3cccc([N+](=O)[O-])c3)C2=O)cc1. The van der Waals surface area contributed by atoms with Gasteiger partial charge in [-0.15, -0.1) is 0 Å². The Kier molecular flexibility index (Phi) is 5.50. The number of nitro benzene ring substituents is 1. The van der Waals surface area contributed by atoms with Gasteiger partial charge in [0.05, 0.1) is 35.0 Å². The lowest BCUT2D eigenvalue weighted by Crippen LogP contribution is -2.37. The van der Waals surface area contributed by atoms with E-state index in [1.165, 1.54) is 54.6 Å². The van der Waals surface area contributed by atoms with Crippen molar-refractivity contribution in [1.82, 2.24) is 0 Å². The molecule has 0 spiro atoms. The van der Waals surface area contributed by atoms with Gasteiger partial charge in [-0.05, 0) is 42.0 Å². The van der Waals surface area contributed by atoms with E-state index in [0.29, 0.717) is 11.3 Å². The van der Waals surface area contributed by atoms with E-state index in [-0.39, 0.29) is 16.9 Å². The van der Waals surface area contributed by atoms with E-state index in [9.17, 15) is 24.5 Å². The average Bonchev–Trinajstić information content (AvgIpc) is 3.40. The Morgan fingerprint density at radius 1 is 0.943 bits per heavy atom. The molecular weight excluding hydrogens is 454 g/mol. The highest BCUT2D eigenvalue weighted by atomic mass is 16.7. The van der Waals surface area contributed by atoms with Gasteiger partial charge in [0.2, 0.25) is 5.91 Å². The Bertz CT molecular complexity index is 1330. The van der Waals surface area contributed by atoms with Gasteiger partial charge in [0.15, 0.2) is 6.10 Å². The first-order chi connectivity index (χ1) is 16.9. The molecule has 3 aromatic carbocycles. The molecule has 5 rings (SSSR count). The summed E-state index contributed by atoms with van der Waals surface area (Å²) in [6.07, 6.45) is -1.12. The van der Waals surface area contributed by atoms with Crippen molar-refractivity contribution in [2.75, 3.05) is 17.1 Å². The molecule has 10 nitrogen and oxygen atoms in total. The number of nitro groups is 1. The molecule has 2 aliphatic rings. The Labute approximate surface area is 199 Å². The molecule has 0 aromatic heterocycles. The van der Waals surface area contributed by atoms with Crippen molar-refractivity contribution in [1.29, 1.82) is 0 Å². The van der Waals surface area contributed by atoms with Gasteiger partial charge in [0.25, 0.3) is 11.6 Å². The topological polar surface area (TPSA) is 119 Å². The van der Waals surface area contributed by atoms with Crippen molar-refractivity contribution >= 4 is 34.8 Å². The molecule has 0 unspecified atom stereocenters.